The van der Waals surface area contributed by atoms with Crippen molar-refractivity contribution in [1.82, 2.24) is 14.3 Å². The van der Waals surface area contributed by atoms with E-state index in [0.717, 1.165) is 5.56 Å². The quantitative estimate of drug-likeness (QED) is 0.613. The number of benzene rings is 1. The highest BCUT2D eigenvalue weighted by atomic mass is 35.5. The average molecular weight is 450 g/mol. The van der Waals surface area contributed by atoms with Gasteiger partial charge in [0.1, 0.15) is 5.69 Å². The van der Waals surface area contributed by atoms with Gasteiger partial charge in [-0.25, -0.2) is 13.1 Å². The van der Waals surface area contributed by atoms with Gasteiger partial charge in [-0.2, -0.15) is 0 Å². The number of hydrogen-bond donors (Lipinski definition) is 1. The Morgan fingerprint density at radius 1 is 1.17 bits per heavy atom. The van der Waals surface area contributed by atoms with Gasteiger partial charge < -0.3 is 4.57 Å². The van der Waals surface area contributed by atoms with E-state index in [1.807, 2.05) is 6.07 Å². The summed E-state index contributed by atoms with van der Waals surface area (Å²) >= 11 is 12.4. The van der Waals surface area contributed by atoms with Gasteiger partial charge in [0, 0.05) is 34.5 Å². The lowest BCUT2D eigenvalue weighted by atomic mass is 10.2. The molecule has 2 aromatic heterocycles. The molecule has 0 spiro atoms. The van der Waals surface area contributed by atoms with Crippen molar-refractivity contribution in [3.05, 3.63) is 76.2 Å². The maximum Gasteiger partial charge on any atom is 0.281 e. The molecule has 0 atom stereocenters. The molecule has 4 rings (SSSR count). The van der Waals surface area contributed by atoms with E-state index in [4.69, 9.17) is 23.2 Å². The number of rotatable bonds is 6. The molecular formula is C20H17Cl2N3O3S. The highest BCUT2D eigenvalue weighted by Gasteiger charge is 2.37. The molecule has 150 valence electrons. The summed E-state index contributed by atoms with van der Waals surface area (Å²) < 4.78 is 28.4. The van der Waals surface area contributed by atoms with E-state index < -0.39 is 21.2 Å². The molecule has 0 radical (unpaired) electrons. The Kier molecular flexibility index (Phi) is 5.38. The van der Waals surface area contributed by atoms with E-state index in [1.54, 1.807) is 53.4 Å². The first-order valence-electron chi connectivity index (χ1n) is 8.95. The lowest BCUT2D eigenvalue weighted by Crippen LogP contribution is -2.34. The lowest BCUT2D eigenvalue weighted by molar-refractivity contribution is 0.0973. The van der Waals surface area contributed by atoms with Crippen LogP contribution in [0.1, 0.15) is 28.9 Å². The Morgan fingerprint density at radius 2 is 1.97 bits per heavy atom. The smallest absolute Gasteiger partial charge is 0.281 e. The minimum Gasteiger partial charge on any atom is -0.332 e. The van der Waals surface area contributed by atoms with Gasteiger partial charge >= 0.3 is 0 Å². The molecule has 9 heteroatoms. The van der Waals surface area contributed by atoms with E-state index in [1.165, 1.54) is 0 Å². The minimum absolute atomic E-state index is 0.212. The molecule has 1 saturated carbocycles. The minimum atomic E-state index is -3.67. The first-order valence-corrected chi connectivity index (χ1v) is 11.3. The van der Waals surface area contributed by atoms with E-state index in [0.29, 0.717) is 34.1 Å². The summed E-state index contributed by atoms with van der Waals surface area (Å²) in [6, 6.07) is 12.1. The SMILES string of the molecule is O=C(NS(=O)(=O)C1CC1)c1ccc(-c2cccnc2)n1Cc1cc(Cl)ccc1Cl. The third-order valence-corrected chi connectivity index (χ3v) is 7.13. The number of pyridine rings is 1. The number of carbonyl (C=O) groups is 1. The van der Waals surface area contributed by atoms with Crippen LogP contribution in [-0.4, -0.2) is 29.1 Å². The highest BCUT2D eigenvalue weighted by Crippen LogP contribution is 2.29. The van der Waals surface area contributed by atoms with Crippen LogP contribution in [0.2, 0.25) is 10.0 Å². The summed E-state index contributed by atoms with van der Waals surface area (Å²) in [7, 11) is -3.67. The van der Waals surface area contributed by atoms with Crippen LogP contribution < -0.4 is 4.72 Å². The van der Waals surface area contributed by atoms with Crippen LogP contribution in [0.4, 0.5) is 0 Å². The molecule has 1 amide bonds. The molecule has 0 aliphatic heterocycles. The van der Waals surface area contributed by atoms with Gasteiger partial charge in [-0.3, -0.25) is 9.78 Å². The molecule has 1 fully saturated rings. The van der Waals surface area contributed by atoms with Gasteiger partial charge in [-0.1, -0.05) is 23.2 Å². The number of nitrogens with one attached hydrogen (secondary N) is 1. The maximum absolute atomic E-state index is 12.8. The second-order valence-electron chi connectivity index (χ2n) is 6.84. The summed E-state index contributed by atoms with van der Waals surface area (Å²) in [5, 5.41) is 0.522. The Balaban J connectivity index is 1.76. The average Bonchev–Trinajstić information content (AvgIpc) is 3.47. The molecule has 1 aliphatic carbocycles. The highest BCUT2D eigenvalue weighted by molar-refractivity contribution is 7.91. The van der Waals surface area contributed by atoms with E-state index >= 15 is 0 Å². The largest absolute Gasteiger partial charge is 0.332 e. The van der Waals surface area contributed by atoms with Gasteiger partial charge in [0.05, 0.1) is 10.9 Å². The molecule has 0 unspecified atom stereocenters. The third kappa shape index (κ3) is 4.32. The van der Waals surface area contributed by atoms with Crippen LogP contribution in [0.5, 0.6) is 0 Å². The number of halogens is 2. The van der Waals surface area contributed by atoms with Crippen LogP contribution >= 0.6 is 23.2 Å². The van der Waals surface area contributed by atoms with Crippen molar-refractivity contribution in [3.63, 3.8) is 0 Å². The summed E-state index contributed by atoms with van der Waals surface area (Å²) in [5.74, 6) is -0.676. The number of nitrogens with zero attached hydrogens (tertiary/aromatic N) is 2. The Morgan fingerprint density at radius 3 is 2.66 bits per heavy atom. The van der Waals surface area contributed by atoms with Crippen molar-refractivity contribution in [1.29, 1.82) is 0 Å². The van der Waals surface area contributed by atoms with Crippen LogP contribution in [0, 0.1) is 0 Å². The molecule has 1 aliphatic rings. The normalized spacial score (nSPS) is 14.0. The number of hydrogen-bond acceptors (Lipinski definition) is 4. The Labute approximate surface area is 178 Å². The second kappa shape index (κ2) is 7.82. The summed E-state index contributed by atoms with van der Waals surface area (Å²) in [5.41, 5.74) is 2.42. The summed E-state index contributed by atoms with van der Waals surface area (Å²) in [4.78, 5) is 16.9. The first-order chi connectivity index (χ1) is 13.8. The molecule has 0 bridgehead atoms. The van der Waals surface area contributed by atoms with Crippen molar-refractivity contribution >= 4 is 39.1 Å². The van der Waals surface area contributed by atoms with Crippen molar-refractivity contribution < 1.29 is 13.2 Å². The van der Waals surface area contributed by atoms with Crippen LogP contribution in [0.25, 0.3) is 11.3 Å². The number of sulfonamides is 1. The molecule has 0 saturated heterocycles. The summed E-state index contributed by atoms with van der Waals surface area (Å²) in [6.45, 7) is 0.239. The topological polar surface area (TPSA) is 81.1 Å². The van der Waals surface area contributed by atoms with Gasteiger partial charge in [-0.15, -0.1) is 0 Å². The molecule has 2 heterocycles. The molecule has 1 aromatic carbocycles. The fraction of sp³-hybridized carbons (Fsp3) is 0.200. The molecular weight excluding hydrogens is 433 g/mol. The van der Waals surface area contributed by atoms with Gasteiger partial charge in [0.2, 0.25) is 10.0 Å². The molecule has 3 aromatic rings. The number of aromatic nitrogens is 2. The number of carbonyl (C=O) groups excluding carboxylic acids is 1. The van der Waals surface area contributed by atoms with Gasteiger partial charge in [-0.05, 0) is 60.9 Å². The first kappa shape index (κ1) is 19.9. The molecule has 1 N–H and O–H groups in total. The fourth-order valence-corrected chi connectivity index (χ4v) is 4.74. The van der Waals surface area contributed by atoms with Crippen molar-refractivity contribution in [2.45, 2.75) is 24.6 Å². The van der Waals surface area contributed by atoms with Gasteiger partial charge in [0.25, 0.3) is 5.91 Å². The predicted octanol–water partition coefficient (Wildman–Crippen LogP) is 4.13. The lowest BCUT2D eigenvalue weighted by Gasteiger charge is -2.15. The fourth-order valence-electron chi connectivity index (χ4n) is 3.08. The zero-order valence-corrected chi connectivity index (χ0v) is 17.5. The van der Waals surface area contributed by atoms with Crippen LogP contribution in [0.15, 0.2) is 54.9 Å². The molecule has 6 nitrogen and oxygen atoms in total. The van der Waals surface area contributed by atoms with Gasteiger partial charge in [0.15, 0.2) is 0 Å². The maximum atomic E-state index is 12.8. The van der Waals surface area contributed by atoms with Crippen molar-refractivity contribution in [2.24, 2.45) is 0 Å². The zero-order valence-electron chi connectivity index (χ0n) is 15.2. The Bertz CT molecular complexity index is 1170. The zero-order chi connectivity index (χ0) is 20.6. The summed E-state index contributed by atoms with van der Waals surface area (Å²) in [6.07, 6.45) is 4.47. The third-order valence-electron chi connectivity index (χ3n) is 4.70. The molecule has 29 heavy (non-hydrogen) atoms. The monoisotopic (exact) mass is 449 g/mol. The second-order valence-corrected chi connectivity index (χ2v) is 9.65. The van der Waals surface area contributed by atoms with Crippen molar-refractivity contribution in [3.8, 4) is 11.3 Å². The predicted molar refractivity (Wildman–Crippen MR) is 113 cm³/mol. The standard InChI is InChI=1S/C20H17Cl2N3O3S/c21-15-3-6-17(22)14(10-15)12-25-18(13-2-1-9-23-11-13)7-8-19(25)20(26)24-29(27,28)16-4-5-16/h1-3,6-11,16H,4-5,12H2,(H,24,26). The van der Waals surface area contributed by atoms with Crippen LogP contribution in [-0.2, 0) is 16.6 Å². The van der Waals surface area contributed by atoms with E-state index in [2.05, 4.69) is 9.71 Å². The van der Waals surface area contributed by atoms with Crippen LogP contribution in [0.3, 0.4) is 0 Å². The Hall–Kier alpha value is -2.35. The van der Waals surface area contributed by atoms with Crippen molar-refractivity contribution in [2.75, 3.05) is 0 Å². The van der Waals surface area contributed by atoms with E-state index in [-0.39, 0.29) is 12.2 Å². The van der Waals surface area contributed by atoms with E-state index in [9.17, 15) is 13.2 Å². The number of amides is 1.